The smallest absolute Gasteiger partial charge is 0.261 e. The van der Waals surface area contributed by atoms with E-state index in [0.717, 1.165) is 36.9 Å². The average Bonchev–Trinajstić information content (AvgIpc) is 3.14. The number of ether oxygens (including phenoxy) is 1. The van der Waals surface area contributed by atoms with Gasteiger partial charge in [0.05, 0.1) is 0 Å². The zero-order valence-corrected chi connectivity index (χ0v) is 15.4. The van der Waals surface area contributed by atoms with E-state index in [9.17, 15) is 4.79 Å². The molecule has 3 aliphatic rings. The highest BCUT2D eigenvalue weighted by Gasteiger charge is 2.34. The van der Waals surface area contributed by atoms with E-state index in [2.05, 4.69) is 10.2 Å². The number of hydrogen-bond acceptors (Lipinski definition) is 3. The van der Waals surface area contributed by atoms with Gasteiger partial charge in [-0.3, -0.25) is 9.69 Å². The maximum Gasteiger partial charge on any atom is 0.261 e. The highest BCUT2D eigenvalue weighted by Crippen LogP contribution is 2.31. The zero-order valence-electron chi connectivity index (χ0n) is 14.7. The lowest BCUT2D eigenvalue weighted by Gasteiger charge is -2.27. The minimum absolute atomic E-state index is 0.0139. The summed E-state index contributed by atoms with van der Waals surface area (Å²) in [7, 11) is 0. The van der Waals surface area contributed by atoms with E-state index in [-0.39, 0.29) is 11.9 Å². The fourth-order valence-corrected chi connectivity index (χ4v) is 4.71. The van der Waals surface area contributed by atoms with Crippen LogP contribution in [0.2, 0.25) is 5.02 Å². The monoisotopic (exact) mass is 362 g/mol. The third-order valence-electron chi connectivity index (χ3n) is 5.90. The lowest BCUT2D eigenvalue weighted by molar-refractivity contribution is -0.127. The van der Waals surface area contributed by atoms with E-state index in [4.69, 9.17) is 16.3 Å². The highest BCUT2D eigenvalue weighted by atomic mass is 35.5. The number of amides is 1. The summed E-state index contributed by atoms with van der Waals surface area (Å²) in [5.74, 6) is 0.802. The van der Waals surface area contributed by atoms with Crippen LogP contribution in [0.1, 0.15) is 50.5 Å². The molecule has 1 saturated heterocycles. The van der Waals surface area contributed by atoms with Gasteiger partial charge in [0.2, 0.25) is 0 Å². The van der Waals surface area contributed by atoms with E-state index in [1.165, 1.54) is 38.5 Å². The van der Waals surface area contributed by atoms with Gasteiger partial charge >= 0.3 is 0 Å². The number of nitrogens with one attached hydrogen (secondary N) is 1. The van der Waals surface area contributed by atoms with E-state index in [1.807, 2.05) is 18.2 Å². The fourth-order valence-electron chi connectivity index (χ4n) is 4.52. The van der Waals surface area contributed by atoms with Gasteiger partial charge in [-0.1, -0.05) is 37.3 Å². The Bertz CT molecular complexity index is 628. The van der Waals surface area contributed by atoms with Crippen LogP contribution in [-0.4, -0.2) is 42.1 Å². The summed E-state index contributed by atoms with van der Waals surface area (Å²) in [6.45, 7) is 2.10. The molecule has 2 fully saturated rings. The molecular formula is C20H27ClN2O2. The highest BCUT2D eigenvalue weighted by molar-refractivity contribution is 6.30. The number of halogens is 1. The van der Waals surface area contributed by atoms with Gasteiger partial charge in [0.1, 0.15) is 5.75 Å². The van der Waals surface area contributed by atoms with Gasteiger partial charge in [-0.2, -0.15) is 0 Å². The number of rotatable bonds is 3. The van der Waals surface area contributed by atoms with Crippen molar-refractivity contribution in [2.75, 3.05) is 13.1 Å². The Morgan fingerprint density at radius 3 is 2.76 bits per heavy atom. The number of likely N-dealkylation sites (tertiary alicyclic amines) is 1. The minimum atomic E-state index is -0.416. The predicted octanol–water partition coefficient (Wildman–Crippen LogP) is 3.56. The quantitative estimate of drug-likeness (QED) is 0.836. The van der Waals surface area contributed by atoms with E-state index in [0.29, 0.717) is 11.4 Å². The number of fused-ring (bicyclic) bond motifs is 1. The number of benzene rings is 1. The standard InChI is InChI=1S/C20H27ClN2O2/c21-15-7-8-18-14(11-15)12-19(25-18)20(24)22-16-9-10-23(13-16)17-5-3-1-2-4-6-17/h7-8,11,16-17,19H,1-6,9-10,12-13H2,(H,22,24). The summed E-state index contributed by atoms with van der Waals surface area (Å²) in [6.07, 6.45) is 9.37. The maximum atomic E-state index is 12.6. The predicted molar refractivity (Wildman–Crippen MR) is 99.2 cm³/mol. The third kappa shape index (κ3) is 3.95. The Hall–Kier alpha value is -1.26. The molecule has 1 saturated carbocycles. The van der Waals surface area contributed by atoms with Crippen molar-refractivity contribution in [3.8, 4) is 5.75 Å². The third-order valence-corrected chi connectivity index (χ3v) is 6.13. The largest absolute Gasteiger partial charge is 0.480 e. The van der Waals surface area contributed by atoms with Crippen LogP contribution >= 0.6 is 11.6 Å². The molecular weight excluding hydrogens is 336 g/mol. The molecule has 1 aromatic carbocycles. The molecule has 4 rings (SSSR count). The lowest BCUT2D eigenvalue weighted by Crippen LogP contribution is -2.45. The van der Waals surface area contributed by atoms with Crippen molar-refractivity contribution in [3.05, 3.63) is 28.8 Å². The first-order valence-electron chi connectivity index (χ1n) is 9.68. The van der Waals surface area contributed by atoms with Gasteiger partial charge in [-0.15, -0.1) is 0 Å². The number of carbonyl (C=O) groups excluding carboxylic acids is 1. The van der Waals surface area contributed by atoms with Crippen LogP contribution in [0.15, 0.2) is 18.2 Å². The van der Waals surface area contributed by atoms with Gasteiger partial charge in [-0.05, 0) is 43.0 Å². The van der Waals surface area contributed by atoms with Crippen LogP contribution in [0.5, 0.6) is 5.75 Å². The number of hydrogen-bond donors (Lipinski definition) is 1. The van der Waals surface area contributed by atoms with Crippen LogP contribution < -0.4 is 10.1 Å². The van der Waals surface area contributed by atoms with Crippen molar-refractivity contribution in [2.24, 2.45) is 0 Å². The fraction of sp³-hybridized carbons (Fsp3) is 0.650. The van der Waals surface area contributed by atoms with Crippen molar-refractivity contribution in [3.63, 3.8) is 0 Å². The van der Waals surface area contributed by atoms with Gasteiger partial charge in [-0.25, -0.2) is 0 Å². The Morgan fingerprint density at radius 2 is 1.96 bits per heavy atom. The molecule has 136 valence electrons. The molecule has 1 N–H and O–H groups in total. The maximum absolute atomic E-state index is 12.6. The first kappa shape index (κ1) is 17.2. The van der Waals surface area contributed by atoms with Crippen molar-refractivity contribution in [1.82, 2.24) is 10.2 Å². The Labute approximate surface area is 154 Å². The SMILES string of the molecule is O=C(NC1CCN(C2CCCCCC2)C1)C1Cc2cc(Cl)ccc2O1. The van der Waals surface area contributed by atoms with Crippen LogP contribution in [0, 0.1) is 0 Å². The van der Waals surface area contributed by atoms with Crippen LogP contribution in [0.4, 0.5) is 0 Å². The van der Waals surface area contributed by atoms with Crippen LogP contribution in [0.3, 0.4) is 0 Å². The topological polar surface area (TPSA) is 41.6 Å². The summed E-state index contributed by atoms with van der Waals surface area (Å²) in [5.41, 5.74) is 1.03. The van der Waals surface area contributed by atoms with Crippen LogP contribution in [-0.2, 0) is 11.2 Å². The second kappa shape index (κ2) is 7.55. The summed E-state index contributed by atoms with van der Waals surface area (Å²) < 4.78 is 5.81. The number of nitrogens with zero attached hydrogens (tertiary/aromatic N) is 1. The van der Waals surface area contributed by atoms with Crippen molar-refractivity contribution in [1.29, 1.82) is 0 Å². The molecule has 0 radical (unpaired) electrons. The molecule has 0 spiro atoms. The lowest BCUT2D eigenvalue weighted by atomic mass is 10.1. The molecule has 4 nitrogen and oxygen atoms in total. The molecule has 1 amide bonds. The molecule has 25 heavy (non-hydrogen) atoms. The molecule has 2 aliphatic heterocycles. The molecule has 5 heteroatoms. The first-order valence-corrected chi connectivity index (χ1v) is 10.1. The van der Waals surface area contributed by atoms with Gasteiger partial charge in [0.15, 0.2) is 6.10 Å². The van der Waals surface area contributed by atoms with Crippen molar-refractivity contribution < 1.29 is 9.53 Å². The average molecular weight is 363 g/mol. The first-order chi connectivity index (χ1) is 12.2. The van der Waals surface area contributed by atoms with Gasteiger partial charge in [0.25, 0.3) is 5.91 Å². The Kier molecular flexibility index (Phi) is 5.18. The molecule has 2 unspecified atom stereocenters. The van der Waals surface area contributed by atoms with Crippen molar-refractivity contribution >= 4 is 17.5 Å². The number of carbonyl (C=O) groups is 1. The van der Waals surface area contributed by atoms with Gasteiger partial charge < -0.3 is 10.1 Å². The van der Waals surface area contributed by atoms with Crippen molar-refractivity contribution in [2.45, 2.75) is 69.6 Å². The molecule has 1 aliphatic carbocycles. The summed E-state index contributed by atoms with van der Waals surface area (Å²) in [4.78, 5) is 15.2. The molecule has 0 aromatic heterocycles. The van der Waals surface area contributed by atoms with E-state index in [1.54, 1.807) is 0 Å². The van der Waals surface area contributed by atoms with Gasteiger partial charge in [0, 0.05) is 36.6 Å². The Morgan fingerprint density at radius 1 is 1.16 bits per heavy atom. The van der Waals surface area contributed by atoms with Crippen LogP contribution in [0.25, 0.3) is 0 Å². The summed E-state index contributed by atoms with van der Waals surface area (Å²) in [6, 6.07) is 6.54. The normalized spacial score (nSPS) is 27.6. The molecule has 0 bridgehead atoms. The van der Waals surface area contributed by atoms with E-state index < -0.39 is 6.10 Å². The molecule has 1 aromatic rings. The zero-order chi connectivity index (χ0) is 17.2. The van der Waals surface area contributed by atoms with E-state index >= 15 is 0 Å². The molecule has 2 heterocycles. The summed E-state index contributed by atoms with van der Waals surface area (Å²) >= 11 is 6.03. The Balaban J connectivity index is 1.29. The second-order valence-corrected chi connectivity index (χ2v) is 8.13. The second-order valence-electron chi connectivity index (χ2n) is 7.70. The summed E-state index contributed by atoms with van der Waals surface area (Å²) in [5, 5.41) is 3.91. The molecule has 2 atom stereocenters. The minimum Gasteiger partial charge on any atom is -0.480 e.